The molecule has 3 aromatic carbocycles. The lowest BCUT2D eigenvalue weighted by molar-refractivity contribution is -0.137. The number of anilines is 2. The van der Waals surface area contributed by atoms with Crippen molar-refractivity contribution < 1.29 is 42.9 Å². The van der Waals surface area contributed by atoms with Crippen molar-refractivity contribution in [3.63, 3.8) is 0 Å². The third kappa shape index (κ3) is 14.8. The molecule has 2 unspecified atom stereocenters. The van der Waals surface area contributed by atoms with Crippen LogP contribution < -0.4 is 36.6 Å². The van der Waals surface area contributed by atoms with Crippen LogP contribution in [-0.2, 0) is 35.1 Å². The summed E-state index contributed by atoms with van der Waals surface area (Å²) >= 11 is 0. The lowest BCUT2D eigenvalue weighted by Crippen LogP contribution is -2.58. The molecular formula is C53H66N10O9. The molecule has 0 saturated carbocycles. The van der Waals surface area contributed by atoms with Crippen LogP contribution in [-0.4, -0.2) is 122 Å². The van der Waals surface area contributed by atoms with Gasteiger partial charge in [0.1, 0.15) is 23.5 Å². The van der Waals surface area contributed by atoms with Gasteiger partial charge < -0.3 is 50.4 Å². The van der Waals surface area contributed by atoms with E-state index in [1.165, 1.54) is 4.90 Å². The Balaban J connectivity index is 0.707. The Morgan fingerprint density at radius 2 is 1.53 bits per heavy atom. The van der Waals surface area contributed by atoms with Crippen molar-refractivity contribution in [2.24, 2.45) is 0 Å². The first-order valence-corrected chi connectivity index (χ1v) is 24.8. The minimum atomic E-state index is -0.749. The van der Waals surface area contributed by atoms with Crippen LogP contribution in [0.15, 0.2) is 91.3 Å². The molecular weight excluding hydrogens is 921 g/mol. The molecule has 2 atom stereocenters. The average Bonchev–Trinajstić information content (AvgIpc) is 3.72. The molecule has 0 aliphatic carbocycles. The highest BCUT2D eigenvalue weighted by molar-refractivity contribution is 6.10. The topological polar surface area (TPSA) is 258 Å². The second-order valence-electron chi connectivity index (χ2n) is 18.0. The molecule has 0 spiro atoms. The van der Waals surface area contributed by atoms with Crippen LogP contribution in [0.1, 0.15) is 108 Å². The van der Waals surface area contributed by atoms with Gasteiger partial charge >= 0.3 is 0 Å². The molecule has 8 N–H and O–H groups in total. The molecule has 0 radical (unpaired) electrons. The zero-order chi connectivity index (χ0) is 50.7. The minimum Gasteiger partial charge on any atom is -0.494 e. The number of unbranched alkanes of at least 4 members (excludes halogenated alkanes) is 3. The fourth-order valence-electron chi connectivity index (χ4n) is 8.85. The number of hydrogen-bond donors (Lipinski definition) is 8. The van der Waals surface area contributed by atoms with Gasteiger partial charge in [-0.2, -0.15) is 0 Å². The minimum absolute atomic E-state index is 0.117. The fourth-order valence-corrected chi connectivity index (χ4v) is 8.85. The van der Waals surface area contributed by atoms with Gasteiger partial charge in [-0.1, -0.05) is 30.7 Å². The van der Waals surface area contributed by atoms with Crippen molar-refractivity contribution in [2.45, 2.75) is 88.9 Å². The van der Waals surface area contributed by atoms with Crippen LogP contribution in [0.25, 0.3) is 0 Å². The fraction of sp³-hybridized carbons (Fsp3) is 0.434. The highest BCUT2D eigenvalue weighted by Gasteiger charge is 2.40. The summed E-state index contributed by atoms with van der Waals surface area (Å²) in [5, 5.41) is 35.7. The Kier molecular flexibility index (Phi) is 19.3. The van der Waals surface area contributed by atoms with Crippen LogP contribution >= 0.6 is 0 Å². The van der Waals surface area contributed by atoms with Crippen molar-refractivity contribution in [3.8, 4) is 5.75 Å². The van der Waals surface area contributed by atoms with Gasteiger partial charge in [0.15, 0.2) is 0 Å². The van der Waals surface area contributed by atoms with Crippen molar-refractivity contribution in [1.82, 2.24) is 31.2 Å². The summed E-state index contributed by atoms with van der Waals surface area (Å²) in [6.07, 6.45) is 8.87. The van der Waals surface area contributed by atoms with E-state index < -0.39 is 17.5 Å². The maximum Gasteiger partial charge on any atom is 0.255 e. The summed E-state index contributed by atoms with van der Waals surface area (Å²) in [5.41, 5.74) is 3.61. The number of fused-ring (bicyclic) bond motifs is 1. The van der Waals surface area contributed by atoms with E-state index in [1.54, 1.807) is 54.9 Å². The number of carbonyl (C=O) groups excluding carboxylic acids is 5. The lowest BCUT2D eigenvalue weighted by atomic mass is 9.86. The summed E-state index contributed by atoms with van der Waals surface area (Å²) in [6, 6.07) is 22.6. The number of pyridine rings is 1. The Bertz CT molecular complexity index is 2540. The summed E-state index contributed by atoms with van der Waals surface area (Å²) < 4.78 is 23.0. The third-order valence-electron chi connectivity index (χ3n) is 12.9. The quantitative estimate of drug-likeness (QED) is 0.0168. The molecule has 2 saturated heterocycles. The number of benzene rings is 3. The molecule has 7 rings (SSSR count). The Hall–Kier alpha value is -7.06. The first-order valence-electron chi connectivity index (χ1n) is 24.8. The van der Waals surface area contributed by atoms with Crippen LogP contribution in [0, 0.1) is 10.8 Å². The van der Waals surface area contributed by atoms with Gasteiger partial charge in [-0.25, -0.2) is 0 Å². The Morgan fingerprint density at radius 3 is 2.29 bits per heavy atom. The van der Waals surface area contributed by atoms with E-state index >= 15 is 0 Å². The second-order valence-corrected chi connectivity index (χ2v) is 18.0. The standard InChI is InChI=1S/C53H66N10O9/c1-36(58-49(66)39-10-6-11-40(33-39)62-53(20-24-57-25-21-53)52(55)61-48(54)37-17-22-56-23-18-37)38-9-7-12-41(34-38)72-27-5-3-2-4-26-69-29-31-71-32-30-70-28-19-47(65)59-44-14-8-13-42-43(44)35-63(51(42)68)45-15-16-46(64)60-50(45)67/h6-14,17-18,22-23,33-34,36,45,57,62H,2-5,15-16,19-21,24-32,35H2,1H3,(H,58,66)(H,59,65)(H3,54,55,61)(H,60,64,67). The van der Waals surface area contributed by atoms with E-state index in [9.17, 15) is 24.0 Å². The first-order chi connectivity index (χ1) is 35.0. The van der Waals surface area contributed by atoms with Gasteiger partial charge in [-0.3, -0.25) is 45.1 Å². The molecule has 2 fully saturated rings. The van der Waals surface area contributed by atoms with E-state index in [0.717, 1.165) is 37.0 Å². The number of carbonyl (C=O) groups is 5. The summed E-state index contributed by atoms with van der Waals surface area (Å²) in [5.74, 6) is -0.545. The first kappa shape index (κ1) is 52.8. The number of amidine groups is 2. The van der Waals surface area contributed by atoms with Crippen LogP contribution in [0.5, 0.6) is 5.75 Å². The number of nitrogens with zero attached hydrogens (tertiary/aromatic N) is 2. The predicted molar refractivity (Wildman–Crippen MR) is 271 cm³/mol. The van der Waals surface area contributed by atoms with E-state index in [-0.39, 0.29) is 73.8 Å². The smallest absolute Gasteiger partial charge is 0.255 e. The number of amides is 5. The van der Waals surface area contributed by atoms with Gasteiger partial charge in [0, 0.05) is 65.6 Å². The molecule has 19 heteroatoms. The van der Waals surface area contributed by atoms with E-state index in [4.69, 9.17) is 29.8 Å². The molecule has 3 aliphatic rings. The van der Waals surface area contributed by atoms with Gasteiger partial charge in [-0.05, 0) is 119 Å². The van der Waals surface area contributed by atoms with Gasteiger partial charge in [-0.15, -0.1) is 0 Å². The van der Waals surface area contributed by atoms with E-state index in [2.05, 4.69) is 36.9 Å². The van der Waals surface area contributed by atoms with Crippen molar-refractivity contribution in [2.75, 3.05) is 70.0 Å². The molecule has 1 aromatic heterocycles. The number of imide groups is 1. The van der Waals surface area contributed by atoms with Gasteiger partial charge in [0.25, 0.3) is 11.8 Å². The van der Waals surface area contributed by atoms with Gasteiger partial charge in [0.05, 0.1) is 57.6 Å². The van der Waals surface area contributed by atoms with E-state index in [1.807, 2.05) is 43.3 Å². The number of nitrogens with one attached hydrogen (secondary N) is 8. The number of ether oxygens (including phenoxy) is 4. The normalized spacial score (nSPS) is 16.5. The maximum absolute atomic E-state index is 13.5. The zero-order valence-electron chi connectivity index (χ0n) is 40.8. The molecule has 3 aliphatic heterocycles. The van der Waals surface area contributed by atoms with Crippen LogP contribution in [0.2, 0.25) is 0 Å². The van der Waals surface area contributed by atoms with Gasteiger partial charge in [0.2, 0.25) is 17.7 Å². The molecule has 19 nitrogen and oxygen atoms in total. The molecule has 0 bridgehead atoms. The van der Waals surface area contributed by atoms with Crippen molar-refractivity contribution in [1.29, 1.82) is 10.8 Å². The number of rotatable bonds is 26. The highest BCUT2D eigenvalue weighted by Crippen LogP contribution is 2.33. The summed E-state index contributed by atoms with van der Waals surface area (Å²) in [7, 11) is 0. The Labute approximate surface area is 419 Å². The summed E-state index contributed by atoms with van der Waals surface area (Å²) in [4.78, 5) is 68.7. The predicted octanol–water partition coefficient (Wildman–Crippen LogP) is 5.48. The molecule has 5 amide bonds. The average molecular weight is 987 g/mol. The molecule has 382 valence electrons. The molecule has 4 aromatic rings. The number of piperidine rings is 2. The number of aromatic nitrogens is 1. The largest absolute Gasteiger partial charge is 0.494 e. The maximum atomic E-state index is 13.5. The summed E-state index contributed by atoms with van der Waals surface area (Å²) in [6.45, 7) is 6.54. The molecule has 72 heavy (non-hydrogen) atoms. The van der Waals surface area contributed by atoms with Crippen LogP contribution in [0.3, 0.4) is 0 Å². The number of hydrogen-bond acceptors (Lipinski definition) is 14. The molecule has 4 heterocycles. The van der Waals surface area contributed by atoms with Crippen molar-refractivity contribution >= 4 is 52.6 Å². The van der Waals surface area contributed by atoms with Crippen molar-refractivity contribution in [3.05, 3.63) is 119 Å². The Morgan fingerprint density at radius 1 is 0.819 bits per heavy atom. The highest BCUT2D eigenvalue weighted by atomic mass is 16.5. The monoisotopic (exact) mass is 987 g/mol. The third-order valence-corrected chi connectivity index (χ3v) is 12.9. The van der Waals surface area contributed by atoms with E-state index in [0.29, 0.717) is 99.2 Å². The lowest BCUT2D eigenvalue weighted by Gasteiger charge is -2.40. The zero-order valence-corrected chi connectivity index (χ0v) is 40.8. The second kappa shape index (κ2) is 26.4. The van der Waals surface area contributed by atoms with Crippen LogP contribution in [0.4, 0.5) is 11.4 Å². The SMILES string of the molecule is CC(NC(=O)c1cccc(NC2(C(=N)NC(=N)c3ccncc3)CCNCC2)c1)c1cccc(OCCCCCCOCCOCCOCCC(=O)Nc2cccc3c2CN(C2CCC(=O)NC2=O)C3=O)c1.